The van der Waals surface area contributed by atoms with E-state index in [2.05, 4.69) is 10.3 Å². The fourth-order valence-electron chi connectivity index (χ4n) is 3.28. The number of anilines is 2. The van der Waals surface area contributed by atoms with Crippen LogP contribution in [0.25, 0.3) is 22.0 Å². The van der Waals surface area contributed by atoms with Gasteiger partial charge < -0.3 is 15.8 Å². The van der Waals surface area contributed by atoms with Crippen molar-refractivity contribution < 1.29 is 14.3 Å². The maximum Gasteiger partial charge on any atom is 0.337 e. The van der Waals surface area contributed by atoms with E-state index in [1.54, 1.807) is 12.1 Å². The van der Waals surface area contributed by atoms with E-state index in [1.165, 1.54) is 13.3 Å². The quantitative estimate of drug-likeness (QED) is 0.483. The molecule has 0 saturated carbocycles. The highest BCUT2D eigenvalue weighted by Crippen LogP contribution is 2.32. The first-order chi connectivity index (χ1) is 14.6. The predicted octanol–water partition coefficient (Wildman–Crippen LogP) is 4.53. The van der Waals surface area contributed by atoms with Crippen molar-refractivity contribution in [2.24, 2.45) is 5.73 Å². The summed E-state index contributed by atoms with van der Waals surface area (Å²) in [7, 11) is 1.35. The van der Waals surface area contributed by atoms with E-state index in [1.807, 2.05) is 60.7 Å². The molecule has 0 atom stereocenters. The Bertz CT molecular complexity index is 1240. The first-order valence-electron chi connectivity index (χ1n) is 9.30. The largest absolute Gasteiger partial charge is 0.465 e. The van der Waals surface area contributed by atoms with Crippen LogP contribution in [0.3, 0.4) is 0 Å². The summed E-state index contributed by atoms with van der Waals surface area (Å²) in [5.41, 5.74) is 10.4. The van der Waals surface area contributed by atoms with Gasteiger partial charge in [0.05, 0.1) is 29.4 Å². The third-order valence-electron chi connectivity index (χ3n) is 4.82. The van der Waals surface area contributed by atoms with E-state index in [-0.39, 0.29) is 5.97 Å². The number of amides is 1. The van der Waals surface area contributed by atoms with Crippen LogP contribution >= 0.6 is 0 Å². The summed E-state index contributed by atoms with van der Waals surface area (Å²) >= 11 is 0. The van der Waals surface area contributed by atoms with Crippen LogP contribution in [-0.2, 0) is 4.74 Å². The van der Waals surface area contributed by atoms with Crippen molar-refractivity contribution in [1.29, 1.82) is 0 Å². The van der Waals surface area contributed by atoms with Gasteiger partial charge in [-0.15, -0.1) is 0 Å². The molecule has 0 saturated heterocycles. The molecular weight excluding hydrogens is 378 g/mol. The minimum absolute atomic E-state index is 0.310. The molecule has 1 heterocycles. The van der Waals surface area contributed by atoms with Crippen molar-refractivity contribution in [3.05, 3.63) is 90.1 Å². The number of methoxy groups -OCH3 is 1. The normalized spacial score (nSPS) is 10.6. The number of aromatic nitrogens is 1. The monoisotopic (exact) mass is 397 g/mol. The number of nitrogens with one attached hydrogen (secondary N) is 1. The first-order valence-corrected chi connectivity index (χ1v) is 9.30. The van der Waals surface area contributed by atoms with Crippen molar-refractivity contribution in [1.82, 2.24) is 4.98 Å². The van der Waals surface area contributed by atoms with Gasteiger partial charge in [-0.3, -0.25) is 9.78 Å². The zero-order valence-corrected chi connectivity index (χ0v) is 16.3. The number of ether oxygens (including phenoxy) is 1. The molecule has 6 nitrogen and oxygen atoms in total. The molecule has 0 aliphatic rings. The lowest BCUT2D eigenvalue weighted by Gasteiger charge is -2.14. The molecule has 30 heavy (non-hydrogen) atoms. The number of fused-ring (bicyclic) bond motifs is 1. The standard InChI is InChI=1S/C24H19N3O3/c1-30-24(29)16-9-7-15(8-10-16)17-11-12-21-19(13-17)22(20(14-26-21)23(25)28)27-18-5-3-2-4-6-18/h2-14H,1H3,(H2,25,28)(H,26,27). The molecule has 148 valence electrons. The molecule has 0 aliphatic heterocycles. The maximum atomic E-state index is 12.0. The average molecular weight is 397 g/mol. The molecule has 1 aromatic heterocycles. The molecule has 1 amide bonds. The minimum atomic E-state index is -0.560. The summed E-state index contributed by atoms with van der Waals surface area (Å²) in [4.78, 5) is 28.1. The summed E-state index contributed by atoms with van der Waals surface area (Å²) in [5.74, 6) is -0.944. The molecule has 0 bridgehead atoms. The number of primary amides is 1. The zero-order chi connectivity index (χ0) is 21.1. The van der Waals surface area contributed by atoms with Crippen molar-refractivity contribution in [3.63, 3.8) is 0 Å². The number of rotatable bonds is 5. The molecule has 0 fully saturated rings. The Kier molecular flexibility index (Phi) is 5.13. The van der Waals surface area contributed by atoms with Gasteiger partial charge in [-0.25, -0.2) is 4.79 Å². The van der Waals surface area contributed by atoms with Gasteiger partial charge in [0.2, 0.25) is 0 Å². The SMILES string of the molecule is COC(=O)c1ccc(-c2ccc3ncc(C(N)=O)c(Nc4ccccc4)c3c2)cc1. The zero-order valence-electron chi connectivity index (χ0n) is 16.3. The Balaban J connectivity index is 1.83. The highest BCUT2D eigenvalue weighted by molar-refractivity contribution is 6.08. The third kappa shape index (κ3) is 3.71. The second kappa shape index (κ2) is 8.05. The van der Waals surface area contributed by atoms with Crippen molar-refractivity contribution in [2.75, 3.05) is 12.4 Å². The van der Waals surface area contributed by atoms with Crippen molar-refractivity contribution in [3.8, 4) is 11.1 Å². The second-order valence-corrected chi connectivity index (χ2v) is 6.70. The van der Waals surface area contributed by atoms with Gasteiger partial charge in [-0.2, -0.15) is 0 Å². The number of esters is 1. The van der Waals surface area contributed by atoms with Crippen molar-refractivity contribution in [2.45, 2.75) is 0 Å². The number of nitrogens with zero attached hydrogens (tertiary/aromatic N) is 1. The van der Waals surface area contributed by atoms with Gasteiger partial charge in [-0.1, -0.05) is 36.4 Å². The number of hydrogen-bond donors (Lipinski definition) is 2. The Morgan fingerprint density at radius 2 is 1.63 bits per heavy atom. The number of carbonyl (C=O) groups is 2. The van der Waals surface area contributed by atoms with E-state index in [9.17, 15) is 9.59 Å². The molecular formula is C24H19N3O3. The van der Waals surface area contributed by atoms with Crippen LogP contribution < -0.4 is 11.1 Å². The van der Waals surface area contributed by atoms with Crippen LogP contribution in [0.1, 0.15) is 20.7 Å². The van der Waals surface area contributed by atoms with Crippen LogP contribution in [-0.4, -0.2) is 24.0 Å². The van der Waals surface area contributed by atoms with E-state index >= 15 is 0 Å². The van der Waals surface area contributed by atoms with Gasteiger partial charge in [0, 0.05) is 17.3 Å². The molecule has 4 aromatic rings. The fraction of sp³-hybridized carbons (Fsp3) is 0.0417. The van der Waals surface area contributed by atoms with E-state index in [0.717, 1.165) is 27.7 Å². The Labute approximate surface area is 173 Å². The van der Waals surface area contributed by atoms with Crippen LogP contribution in [0, 0.1) is 0 Å². The lowest BCUT2D eigenvalue weighted by molar-refractivity contribution is 0.0600. The highest BCUT2D eigenvalue weighted by Gasteiger charge is 2.15. The molecule has 0 unspecified atom stereocenters. The van der Waals surface area contributed by atoms with Gasteiger partial charge in [0.1, 0.15) is 0 Å². The number of para-hydroxylation sites is 1. The van der Waals surface area contributed by atoms with Crippen LogP contribution in [0.4, 0.5) is 11.4 Å². The lowest BCUT2D eigenvalue weighted by atomic mass is 10.00. The highest BCUT2D eigenvalue weighted by atomic mass is 16.5. The summed E-state index contributed by atoms with van der Waals surface area (Å²) in [6.45, 7) is 0. The molecule has 0 spiro atoms. The number of pyridine rings is 1. The third-order valence-corrected chi connectivity index (χ3v) is 4.82. The molecule has 3 N–H and O–H groups in total. The smallest absolute Gasteiger partial charge is 0.337 e. The van der Waals surface area contributed by atoms with Crippen LogP contribution in [0.5, 0.6) is 0 Å². The Hall–Kier alpha value is -4.19. The van der Waals surface area contributed by atoms with Crippen LogP contribution in [0.15, 0.2) is 79.0 Å². The number of benzene rings is 3. The molecule has 4 rings (SSSR count). The summed E-state index contributed by atoms with van der Waals surface area (Å²) < 4.78 is 4.75. The van der Waals surface area contributed by atoms with E-state index in [4.69, 9.17) is 10.5 Å². The van der Waals surface area contributed by atoms with Crippen LogP contribution in [0.2, 0.25) is 0 Å². The number of carbonyl (C=O) groups excluding carboxylic acids is 2. The molecule has 6 heteroatoms. The Morgan fingerprint density at radius 3 is 2.30 bits per heavy atom. The lowest BCUT2D eigenvalue weighted by Crippen LogP contribution is -2.14. The van der Waals surface area contributed by atoms with Gasteiger partial charge in [0.15, 0.2) is 0 Å². The van der Waals surface area contributed by atoms with Gasteiger partial charge in [-0.05, 0) is 47.5 Å². The Morgan fingerprint density at radius 1 is 0.933 bits per heavy atom. The summed E-state index contributed by atoms with van der Waals surface area (Å²) in [6.07, 6.45) is 1.49. The fourth-order valence-corrected chi connectivity index (χ4v) is 3.28. The van der Waals surface area contributed by atoms with E-state index < -0.39 is 5.91 Å². The maximum absolute atomic E-state index is 12.0. The van der Waals surface area contributed by atoms with Crippen molar-refractivity contribution >= 4 is 34.2 Å². The molecule has 0 radical (unpaired) electrons. The molecule has 3 aromatic carbocycles. The van der Waals surface area contributed by atoms with E-state index in [0.29, 0.717) is 16.8 Å². The number of hydrogen-bond acceptors (Lipinski definition) is 5. The number of nitrogens with two attached hydrogens (primary N) is 1. The second-order valence-electron chi connectivity index (χ2n) is 6.70. The van der Waals surface area contributed by atoms with Gasteiger partial charge in [0.25, 0.3) is 5.91 Å². The molecule has 0 aliphatic carbocycles. The first kappa shape index (κ1) is 19.1. The van der Waals surface area contributed by atoms with Gasteiger partial charge >= 0.3 is 5.97 Å². The summed E-state index contributed by atoms with van der Waals surface area (Å²) in [5, 5.41) is 4.07. The topological polar surface area (TPSA) is 94.3 Å². The average Bonchev–Trinajstić information content (AvgIpc) is 2.79. The summed E-state index contributed by atoms with van der Waals surface area (Å²) in [6, 6.07) is 22.5. The predicted molar refractivity (Wildman–Crippen MR) is 117 cm³/mol. The minimum Gasteiger partial charge on any atom is -0.465 e.